The minimum atomic E-state index is -4.66. The second-order valence-corrected chi connectivity index (χ2v) is 18.4. The maximum Gasteiger partial charge on any atom is 0.434 e. The number of urea groups is 1. The van der Waals surface area contributed by atoms with Gasteiger partial charge in [0.2, 0.25) is 21.8 Å². The van der Waals surface area contributed by atoms with Crippen LogP contribution in [0.1, 0.15) is 69.7 Å². The highest BCUT2D eigenvalue weighted by atomic mass is 32.2. The fourth-order valence-electron chi connectivity index (χ4n) is 6.61. The lowest BCUT2D eigenvalue weighted by atomic mass is 9.97. The fourth-order valence-corrected chi connectivity index (χ4v) is 9.44. The van der Waals surface area contributed by atoms with E-state index in [0.717, 1.165) is 23.1 Å². The third kappa shape index (κ3) is 7.68. The van der Waals surface area contributed by atoms with Gasteiger partial charge in [-0.1, -0.05) is 12.2 Å². The molecule has 0 spiro atoms. The Morgan fingerprint density at radius 1 is 1.07 bits per heavy atom. The topological polar surface area (TPSA) is 177 Å². The van der Waals surface area contributed by atoms with Crippen LogP contribution in [0.4, 0.5) is 18.0 Å². The van der Waals surface area contributed by atoms with Crippen LogP contribution in [0.25, 0.3) is 21.5 Å². The van der Waals surface area contributed by atoms with Crippen molar-refractivity contribution in [1.82, 2.24) is 39.8 Å². The maximum atomic E-state index is 14.3. The van der Waals surface area contributed by atoms with Crippen molar-refractivity contribution < 1.29 is 40.7 Å². The molecular weight excluding hydrogens is 770 g/mol. The van der Waals surface area contributed by atoms with Crippen molar-refractivity contribution in [3.63, 3.8) is 0 Å². The van der Waals surface area contributed by atoms with E-state index in [-0.39, 0.29) is 48.6 Å². The molecule has 3 fully saturated rings. The number of carbonyl (C=O) groups excluding carboxylic acids is 3. The van der Waals surface area contributed by atoms with Crippen LogP contribution < -0.4 is 14.8 Å². The molecule has 0 aromatic carbocycles. The van der Waals surface area contributed by atoms with Gasteiger partial charge >= 0.3 is 12.2 Å². The van der Waals surface area contributed by atoms with Crippen molar-refractivity contribution in [2.45, 2.75) is 93.8 Å². The van der Waals surface area contributed by atoms with Crippen molar-refractivity contribution in [3.8, 4) is 27.4 Å². The minimum absolute atomic E-state index is 0.0109. The van der Waals surface area contributed by atoms with E-state index >= 15 is 0 Å². The summed E-state index contributed by atoms with van der Waals surface area (Å²) in [7, 11) is -2.34. The molecule has 7 rings (SSSR count). The zero-order valence-electron chi connectivity index (χ0n) is 29.7. The quantitative estimate of drug-likeness (QED) is 0.312. The van der Waals surface area contributed by atoms with Gasteiger partial charge in [0.1, 0.15) is 28.4 Å². The smallest absolute Gasteiger partial charge is 0.434 e. The predicted octanol–water partition coefficient (Wildman–Crippen LogP) is 4.93. The summed E-state index contributed by atoms with van der Waals surface area (Å²) in [5.74, 6) is -2.01. The number of rotatable bonds is 7. The number of fused-ring (bicyclic) bond motifs is 2. The molecule has 20 heteroatoms. The van der Waals surface area contributed by atoms with Crippen LogP contribution in [0.3, 0.4) is 0 Å². The molecule has 290 valence electrons. The van der Waals surface area contributed by atoms with Crippen LogP contribution in [-0.4, -0.2) is 98.6 Å². The number of piperidine rings is 1. The summed E-state index contributed by atoms with van der Waals surface area (Å²) in [6.07, 6.45) is 1.83. The second-order valence-electron chi connectivity index (χ2n) is 14.5. The Kier molecular flexibility index (Phi) is 9.99. The van der Waals surface area contributed by atoms with Crippen molar-refractivity contribution in [3.05, 3.63) is 40.4 Å². The molecule has 4 atom stereocenters. The molecule has 1 saturated heterocycles. The van der Waals surface area contributed by atoms with E-state index in [9.17, 15) is 36.0 Å². The zero-order valence-corrected chi connectivity index (χ0v) is 32.1. The number of carbonyl (C=O) groups is 3. The molecule has 54 heavy (non-hydrogen) atoms. The zero-order chi connectivity index (χ0) is 38.6. The van der Waals surface area contributed by atoms with Gasteiger partial charge in [0.05, 0.1) is 4.75 Å². The number of thiazole rings is 2. The van der Waals surface area contributed by atoms with Gasteiger partial charge in [-0.15, -0.1) is 22.7 Å². The standard InChI is InChI=1S/C34H39F3N8O6S3/c1-19-17-52-28(38-19)22-15-25(41-26(39-22)29-40-24(18-53-29)34(35,36)37)51-21-9-13-45-23(14-21)27(46)42-33(30(47)43-54(49,50)32(2)10-11-32)16-20(33)8-6-4-5-7-12-44(3)31(45)48/h6,8,15,17-18,20-21,23H,4-5,7,9-14,16H2,1-3H3,(H,42,46)(H,43,47)/b8-6+/t20-,21-,23-,33-/m0/s1. The van der Waals surface area contributed by atoms with Crippen molar-refractivity contribution in [2.24, 2.45) is 5.92 Å². The normalized spacial score (nSPS) is 26.5. The molecule has 2 aliphatic heterocycles. The first-order valence-corrected chi connectivity index (χ1v) is 20.8. The molecule has 4 aliphatic rings. The lowest BCUT2D eigenvalue weighted by Crippen LogP contribution is -2.61. The number of allylic oxidation sites excluding steroid dienone is 1. The Morgan fingerprint density at radius 2 is 1.83 bits per heavy atom. The first-order chi connectivity index (χ1) is 25.5. The number of hydrogen-bond acceptors (Lipinski definition) is 12. The Morgan fingerprint density at radius 3 is 2.52 bits per heavy atom. The second kappa shape index (κ2) is 14.2. The Balaban J connectivity index is 1.18. The lowest BCUT2D eigenvalue weighted by Gasteiger charge is -2.40. The van der Waals surface area contributed by atoms with Crippen LogP contribution in [0.5, 0.6) is 5.88 Å². The summed E-state index contributed by atoms with van der Waals surface area (Å²) in [6, 6.07) is 0.0104. The average molecular weight is 809 g/mol. The van der Waals surface area contributed by atoms with E-state index in [1.807, 2.05) is 12.2 Å². The first-order valence-electron chi connectivity index (χ1n) is 17.6. The van der Waals surface area contributed by atoms with Crippen molar-refractivity contribution >= 4 is 50.5 Å². The number of hydrogen-bond donors (Lipinski definition) is 2. The maximum absolute atomic E-state index is 14.3. The van der Waals surface area contributed by atoms with Gasteiger partial charge in [0, 0.05) is 61.4 Å². The number of aryl methyl sites for hydroxylation is 1. The van der Waals surface area contributed by atoms with E-state index in [1.54, 1.807) is 31.2 Å². The van der Waals surface area contributed by atoms with E-state index in [4.69, 9.17) is 4.74 Å². The number of amides is 4. The highest BCUT2D eigenvalue weighted by Crippen LogP contribution is 2.47. The molecule has 3 aromatic rings. The molecule has 4 amide bonds. The van der Waals surface area contributed by atoms with E-state index in [0.29, 0.717) is 48.6 Å². The molecule has 0 unspecified atom stereocenters. The monoisotopic (exact) mass is 808 g/mol. The van der Waals surface area contributed by atoms with Gasteiger partial charge in [-0.2, -0.15) is 18.2 Å². The molecule has 0 bridgehead atoms. The molecule has 5 heterocycles. The Hall–Kier alpha value is -4.17. The van der Waals surface area contributed by atoms with Crippen LogP contribution in [0, 0.1) is 12.8 Å². The highest BCUT2D eigenvalue weighted by molar-refractivity contribution is 7.91. The highest BCUT2D eigenvalue weighted by Gasteiger charge is 2.63. The van der Waals surface area contributed by atoms with Crippen molar-refractivity contribution in [1.29, 1.82) is 0 Å². The molecule has 2 saturated carbocycles. The van der Waals surface area contributed by atoms with Crippen LogP contribution in [-0.2, 0) is 25.8 Å². The minimum Gasteiger partial charge on any atom is -0.474 e. The number of alkyl halides is 3. The lowest BCUT2D eigenvalue weighted by molar-refractivity contribution is -0.140. The van der Waals surface area contributed by atoms with Gasteiger partial charge in [0.25, 0.3) is 5.91 Å². The molecule has 0 radical (unpaired) electrons. The fraction of sp³-hybridized carbons (Fsp3) is 0.559. The molecule has 2 N–H and O–H groups in total. The predicted molar refractivity (Wildman–Crippen MR) is 193 cm³/mol. The number of nitrogens with one attached hydrogen (secondary N) is 2. The number of nitrogens with zero attached hydrogens (tertiary/aromatic N) is 6. The Labute approximate surface area is 317 Å². The summed E-state index contributed by atoms with van der Waals surface area (Å²) in [5.41, 5.74) is -1.59. The van der Waals surface area contributed by atoms with Crippen LogP contribution in [0.2, 0.25) is 0 Å². The van der Waals surface area contributed by atoms with Crippen molar-refractivity contribution in [2.75, 3.05) is 20.1 Å². The first kappa shape index (κ1) is 38.1. The van der Waals surface area contributed by atoms with Gasteiger partial charge in [-0.25, -0.2) is 28.2 Å². The Bertz CT molecular complexity index is 2100. The summed E-state index contributed by atoms with van der Waals surface area (Å²) < 4.78 is 73.9. The van der Waals surface area contributed by atoms with Gasteiger partial charge in [0.15, 0.2) is 16.5 Å². The SMILES string of the molecule is Cc1csc(-c2cc(O[C@H]3CCN4C(=O)N(C)CCCC/C=C/[C@H]5C[C@]5(C(=O)NS(=O)(=O)C5(C)CC5)NC(=O)[C@@H]4C3)nc(-c3nc(C(F)(F)F)cs3)n2)n1. The number of sulfonamides is 1. The van der Waals surface area contributed by atoms with E-state index in [2.05, 4.69) is 30.0 Å². The van der Waals surface area contributed by atoms with Gasteiger partial charge in [-0.05, 0) is 52.4 Å². The van der Waals surface area contributed by atoms with Gasteiger partial charge in [-0.3, -0.25) is 14.3 Å². The summed E-state index contributed by atoms with van der Waals surface area (Å²) in [6.45, 7) is 3.91. The number of aromatic nitrogens is 4. The molecular formula is C34H39F3N8O6S3. The molecule has 2 aliphatic carbocycles. The van der Waals surface area contributed by atoms with Crippen LogP contribution in [0.15, 0.2) is 29.0 Å². The van der Waals surface area contributed by atoms with E-state index < -0.39 is 62.1 Å². The third-order valence-corrected chi connectivity index (χ3v) is 14.3. The molecule has 14 nitrogen and oxygen atoms in total. The van der Waals surface area contributed by atoms with Crippen LogP contribution >= 0.6 is 22.7 Å². The summed E-state index contributed by atoms with van der Waals surface area (Å²) >= 11 is 2.01. The molecule has 3 aromatic heterocycles. The largest absolute Gasteiger partial charge is 0.474 e. The summed E-state index contributed by atoms with van der Waals surface area (Å²) in [4.78, 5) is 61.8. The number of ether oxygens (including phenoxy) is 1. The summed E-state index contributed by atoms with van der Waals surface area (Å²) in [5, 5.41) is 5.93. The third-order valence-electron chi connectivity index (χ3n) is 10.3. The average Bonchev–Trinajstić information content (AvgIpc) is 3.87. The number of halogens is 3. The van der Waals surface area contributed by atoms with E-state index in [1.165, 1.54) is 22.3 Å². The van der Waals surface area contributed by atoms with Gasteiger partial charge < -0.3 is 19.9 Å².